The third-order valence-corrected chi connectivity index (χ3v) is 4.62. The van der Waals surface area contributed by atoms with Crippen molar-refractivity contribution in [3.05, 3.63) is 41.1 Å². The first-order valence-corrected chi connectivity index (χ1v) is 8.81. The number of hydrogen-bond acceptors (Lipinski definition) is 6. The summed E-state index contributed by atoms with van der Waals surface area (Å²) in [6.07, 6.45) is 4.72. The van der Waals surface area contributed by atoms with E-state index in [2.05, 4.69) is 44.2 Å². The van der Waals surface area contributed by atoms with E-state index in [1.54, 1.807) is 6.33 Å². The van der Waals surface area contributed by atoms with Crippen molar-refractivity contribution < 1.29 is 0 Å². The summed E-state index contributed by atoms with van der Waals surface area (Å²) in [6, 6.07) is 6.60. The van der Waals surface area contributed by atoms with Crippen molar-refractivity contribution in [1.29, 1.82) is 5.26 Å². The topological polar surface area (TPSA) is 77.7 Å². The molecule has 6 nitrogen and oxygen atoms in total. The van der Waals surface area contributed by atoms with Crippen LogP contribution < -0.4 is 10.2 Å². The molecule has 0 unspecified atom stereocenters. The number of anilines is 2. The van der Waals surface area contributed by atoms with Crippen LogP contribution in [0.25, 0.3) is 0 Å². The lowest BCUT2D eigenvalue weighted by Crippen LogP contribution is -2.42. The van der Waals surface area contributed by atoms with Gasteiger partial charge < -0.3 is 10.2 Å². The molecular weight excluding hydrogens is 312 g/mol. The monoisotopic (exact) mass is 336 g/mol. The molecule has 1 fully saturated rings. The average Bonchev–Trinajstić information content (AvgIpc) is 2.62. The van der Waals surface area contributed by atoms with Crippen LogP contribution in [0.3, 0.4) is 0 Å². The second-order valence-electron chi connectivity index (χ2n) is 6.53. The molecule has 0 spiro atoms. The fraction of sp³-hybridized carbons (Fsp3) is 0.474. The molecule has 130 valence electrons. The van der Waals surface area contributed by atoms with E-state index in [-0.39, 0.29) is 6.04 Å². The van der Waals surface area contributed by atoms with Crippen LogP contribution in [0.2, 0.25) is 0 Å². The van der Waals surface area contributed by atoms with Crippen molar-refractivity contribution in [1.82, 2.24) is 15.0 Å². The van der Waals surface area contributed by atoms with Crippen molar-refractivity contribution in [3.63, 3.8) is 0 Å². The summed E-state index contributed by atoms with van der Waals surface area (Å²) in [4.78, 5) is 15.4. The van der Waals surface area contributed by atoms with Crippen molar-refractivity contribution >= 4 is 11.5 Å². The zero-order valence-electron chi connectivity index (χ0n) is 15.1. The Balaban J connectivity index is 1.77. The summed E-state index contributed by atoms with van der Waals surface area (Å²) < 4.78 is 0. The highest BCUT2D eigenvalue weighted by Gasteiger charge is 2.22. The van der Waals surface area contributed by atoms with Gasteiger partial charge in [0.25, 0.3) is 0 Å². The summed E-state index contributed by atoms with van der Waals surface area (Å²) in [5.74, 6) is 0.987. The Morgan fingerprint density at radius 1 is 1.32 bits per heavy atom. The quantitative estimate of drug-likeness (QED) is 0.925. The molecule has 1 atom stereocenters. The molecule has 0 aliphatic carbocycles. The van der Waals surface area contributed by atoms with Crippen LogP contribution in [0.4, 0.5) is 11.5 Å². The van der Waals surface area contributed by atoms with E-state index in [1.807, 2.05) is 19.9 Å². The Labute approximate surface area is 148 Å². The predicted molar refractivity (Wildman–Crippen MR) is 98.7 cm³/mol. The lowest BCUT2D eigenvalue weighted by Gasteiger charge is -2.34. The molecule has 1 N–H and O–H groups in total. The van der Waals surface area contributed by atoms with E-state index in [4.69, 9.17) is 0 Å². The molecule has 1 aliphatic rings. The van der Waals surface area contributed by atoms with Crippen molar-refractivity contribution in [2.24, 2.45) is 0 Å². The van der Waals surface area contributed by atoms with Gasteiger partial charge >= 0.3 is 0 Å². The van der Waals surface area contributed by atoms with Gasteiger partial charge in [-0.1, -0.05) is 6.92 Å². The number of aryl methyl sites for hydroxylation is 3. The number of nitrogens with one attached hydrogen (secondary N) is 1. The maximum atomic E-state index is 9.45. The first-order valence-electron chi connectivity index (χ1n) is 8.81. The van der Waals surface area contributed by atoms with E-state index in [1.165, 1.54) is 0 Å². The Kier molecular flexibility index (Phi) is 5.13. The zero-order chi connectivity index (χ0) is 17.8. The van der Waals surface area contributed by atoms with E-state index in [0.717, 1.165) is 60.9 Å². The van der Waals surface area contributed by atoms with E-state index >= 15 is 0 Å². The van der Waals surface area contributed by atoms with Gasteiger partial charge in [-0.3, -0.25) is 4.98 Å². The molecule has 0 bridgehead atoms. The molecule has 3 rings (SSSR count). The van der Waals surface area contributed by atoms with E-state index < -0.39 is 0 Å². The van der Waals surface area contributed by atoms with Crippen LogP contribution in [0.5, 0.6) is 0 Å². The standard InChI is InChI=1S/C19H24N6/c1-4-15-9-19(22-12-21-15)25-7-5-6-16(11-25)24-18-8-13(2)23-14(3)17(18)10-20/h8-9,12,16H,4-7,11H2,1-3H3,(H,23,24)/t16-/m0/s1. The van der Waals surface area contributed by atoms with Gasteiger partial charge in [-0.2, -0.15) is 5.26 Å². The summed E-state index contributed by atoms with van der Waals surface area (Å²) in [6.45, 7) is 7.81. The minimum Gasteiger partial charge on any atom is -0.379 e. The molecule has 2 aromatic heterocycles. The molecule has 6 heteroatoms. The van der Waals surface area contributed by atoms with Crippen LogP contribution in [-0.4, -0.2) is 34.1 Å². The molecule has 2 aromatic rings. The number of nitrogens with zero attached hydrogens (tertiary/aromatic N) is 5. The maximum Gasteiger partial charge on any atom is 0.132 e. The molecule has 0 aromatic carbocycles. The van der Waals surface area contributed by atoms with Gasteiger partial charge in [0.05, 0.1) is 16.9 Å². The number of rotatable bonds is 4. The Morgan fingerprint density at radius 2 is 2.16 bits per heavy atom. The third-order valence-electron chi connectivity index (χ3n) is 4.62. The minimum absolute atomic E-state index is 0.280. The summed E-state index contributed by atoms with van der Waals surface area (Å²) >= 11 is 0. The van der Waals surface area contributed by atoms with E-state index in [9.17, 15) is 5.26 Å². The highest BCUT2D eigenvalue weighted by Crippen LogP contribution is 2.24. The third kappa shape index (κ3) is 3.87. The van der Waals surface area contributed by atoms with Crippen LogP contribution >= 0.6 is 0 Å². The first-order chi connectivity index (χ1) is 12.1. The van der Waals surface area contributed by atoms with Gasteiger partial charge in [0, 0.05) is 36.6 Å². The van der Waals surface area contributed by atoms with E-state index in [0.29, 0.717) is 5.56 Å². The molecule has 25 heavy (non-hydrogen) atoms. The lowest BCUT2D eigenvalue weighted by molar-refractivity contribution is 0.526. The molecule has 1 saturated heterocycles. The highest BCUT2D eigenvalue weighted by molar-refractivity contribution is 5.60. The van der Waals surface area contributed by atoms with Crippen molar-refractivity contribution in [2.75, 3.05) is 23.3 Å². The fourth-order valence-electron chi connectivity index (χ4n) is 3.36. The Morgan fingerprint density at radius 3 is 2.92 bits per heavy atom. The van der Waals surface area contributed by atoms with Crippen LogP contribution in [-0.2, 0) is 6.42 Å². The molecule has 3 heterocycles. The number of hydrogen-bond donors (Lipinski definition) is 1. The maximum absolute atomic E-state index is 9.45. The fourth-order valence-corrected chi connectivity index (χ4v) is 3.36. The van der Waals surface area contributed by atoms with Gasteiger partial charge in [-0.15, -0.1) is 0 Å². The summed E-state index contributed by atoms with van der Waals surface area (Å²) in [5.41, 5.74) is 4.29. The largest absolute Gasteiger partial charge is 0.379 e. The smallest absolute Gasteiger partial charge is 0.132 e. The van der Waals surface area contributed by atoms with Gasteiger partial charge in [0.15, 0.2) is 0 Å². The van der Waals surface area contributed by atoms with Crippen LogP contribution in [0.1, 0.15) is 42.4 Å². The SMILES string of the molecule is CCc1cc(N2CCC[C@H](Nc3cc(C)nc(C)c3C#N)C2)ncn1. The number of nitriles is 1. The van der Waals surface area contributed by atoms with Crippen LogP contribution in [0, 0.1) is 25.2 Å². The highest BCUT2D eigenvalue weighted by atomic mass is 15.2. The number of piperidine rings is 1. The second kappa shape index (κ2) is 7.47. The lowest BCUT2D eigenvalue weighted by atomic mass is 10.0. The Hall–Kier alpha value is -2.68. The van der Waals surface area contributed by atoms with Gasteiger partial charge in [-0.25, -0.2) is 9.97 Å². The minimum atomic E-state index is 0.280. The summed E-state index contributed by atoms with van der Waals surface area (Å²) in [5, 5.41) is 13.0. The zero-order valence-corrected chi connectivity index (χ0v) is 15.1. The molecule has 0 amide bonds. The first kappa shape index (κ1) is 17.2. The van der Waals surface area contributed by atoms with Crippen LogP contribution in [0.15, 0.2) is 18.5 Å². The van der Waals surface area contributed by atoms with Gasteiger partial charge in [-0.05, 0) is 39.2 Å². The Bertz CT molecular complexity index is 795. The molecule has 1 aliphatic heterocycles. The van der Waals surface area contributed by atoms with Gasteiger partial charge in [0.1, 0.15) is 18.2 Å². The average molecular weight is 336 g/mol. The van der Waals surface area contributed by atoms with Crippen molar-refractivity contribution in [3.8, 4) is 6.07 Å². The molecular formula is C19H24N6. The number of aromatic nitrogens is 3. The number of pyridine rings is 1. The van der Waals surface area contributed by atoms with Crippen molar-refractivity contribution in [2.45, 2.75) is 46.1 Å². The summed E-state index contributed by atoms with van der Waals surface area (Å²) in [7, 11) is 0. The molecule has 0 saturated carbocycles. The van der Waals surface area contributed by atoms with Gasteiger partial charge in [0.2, 0.25) is 0 Å². The predicted octanol–water partition coefficient (Wildman–Crippen LogP) is 3.00. The molecule has 0 radical (unpaired) electrons. The normalized spacial score (nSPS) is 17.2. The second-order valence-corrected chi connectivity index (χ2v) is 6.53.